The van der Waals surface area contributed by atoms with Gasteiger partial charge in [-0.15, -0.1) is 0 Å². The van der Waals surface area contributed by atoms with Gasteiger partial charge in [0.1, 0.15) is 5.75 Å². The summed E-state index contributed by atoms with van der Waals surface area (Å²) in [6.45, 7) is 1.79. The topological polar surface area (TPSA) is 67.4 Å². The van der Waals surface area contributed by atoms with Gasteiger partial charge in [-0.05, 0) is 49.6 Å². The van der Waals surface area contributed by atoms with Gasteiger partial charge < -0.3 is 15.4 Å². The maximum atomic E-state index is 12.1. The Kier molecular flexibility index (Phi) is 5.78. The minimum Gasteiger partial charge on any atom is -0.482 e. The van der Waals surface area contributed by atoms with Crippen LogP contribution in [-0.4, -0.2) is 18.4 Å². The molecule has 0 aliphatic heterocycles. The van der Waals surface area contributed by atoms with E-state index in [1.165, 1.54) is 0 Å². The summed E-state index contributed by atoms with van der Waals surface area (Å²) in [5.74, 6) is 0.498. The number of nitrogens with one attached hydrogen (secondary N) is 2. The van der Waals surface area contributed by atoms with Crippen LogP contribution in [0.25, 0.3) is 0 Å². The molecule has 2 aromatic carbocycles. The largest absolute Gasteiger partial charge is 0.482 e. The van der Waals surface area contributed by atoms with Crippen LogP contribution in [0.2, 0.25) is 5.02 Å². The molecule has 0 bridgehead atoms. The smallest absolute Gasteiger partial charge is 0.258 e. The van der Waals surface area contributed by atoms with Crippen LogP contribution in [0.3, 0.4) is 0 Å². The predicted molar refractivity (Wildman–Crippen MR) is 101 cm³/mol. The van der Waals surface area contributed by atoms with Gasteiger partial charge in [0.15, 0.2) is 6.61 Å². The molecule has 0 spiro atoms. The molecule has 1 aliphatic carbocycles. The molecule has 1 fully saturated rings. The summed E-state index contributed by atoms with van der Waals surface area (Å²) in [6, 6.07) is 14.3. The molecule has 2 N–H and O–H groups in total. The normalized spacial score (nSPS) is 14.4. The first-order chi connectivity index (χ1) is 12.5. The number of ether oxygens (including phenoxy) is 1. The second kappa shape index (κ2) is 8.23. The number of carbonyl (C=O) groups is 2. The molecule has 1 saturated carbocycles. The monoisotopic (exact) mass is 372 g/mol. The molecule has 2 aromatic rings. The number of rotatable bonds is 7. The summed E-state index contributed by atoms with van der Waals surface area (Å²) in [5, 5.41) is 6.25. The standard InChI is InChI=1S/C20H21ClN2O3/c1-13(22-19(24)12-26-18-5-3-2-4-17(18)21)14-8-10-16(11-9-14)23-20(25)15-6-7-15/h2-5,8-11,13,15H,6-7,12H2,1H3,(H,22,24)(H,23,25). The van der Waals surface area contributed by atoms with E-state index in [-0.39, 0.29) is 30.4 Å². The van der Waals surface area contributed by atoms with Gasteiger partial charge in [-0.3, -0.25) is 9.59 Å². The highest BCUT2D eigenvalue weighted by atomic mass is 35.5. The fourth-order valence-electron chi connectivity index (χ4n) is 2.52. The van der Waals surface area contributed by atoms with Crippen LogP contribution in [-0.2, 0) is 9.59 Å². The number of benzene rings is 2. The van der Waals surface area contributed by atoms with Crippen molar-refractivity contribution in [2.24, 2.45) is 5.92 Å². The summed E-state index contributed by atoms with van der Waals surface area (Å²) in [6.07, 6.45) is 1.95. The Hall–Kier alpha value is -2.53. The lowest BCUT2D eigenvalue weighted by Gasteiger charge is -2.15. The molecule has 5 nitrogen and oxygen atoms in total. The highest BCUT2D eigenvalue weighted by Crippen LogP contribution is 2.30. The van der Waals surface area contributed by atoms with Gasteiger partial charge in [0.05, 0.1) is 11.1 Å². The fourth-order valence-corrected chi connectivity index (χ4v) is 2.71. The van der Waals surface area contributed by atoms with E-state index in [2.05, 4.69) is 10.6 Å². The van der Waals surface area contributed by atoms with Crippen molar-refractivity contribution in [3.8, 4) is 5.75 Å². The van der Waals surface area contributed by atoms with Crippen molar-refractivity contribution in [1.82, 2.24) is 5.32 Å². The van der Waals surface area contributed by atoms with E-state index in [9.17, 15) is 9.59 Å². The SMILES string of the molecule is CC(NC(=O)COc1ccccc1Cl)c1ccc(NC(=O)C2CC2)cc1. The molecule has 3 rings (SSSR count). The van der Waals surface area contributed by atoms with Crippen LogP contribution >= 0.6 is 11.6 Å². The molecule has 1 atom stereocenters. The van der Waals surface area contributed by atoms with Crippen molar-refractivity contribution in [2.45, 2.75) is 25.8 Å². The van der Waals surface area contributed by atoms with Gasteiger partial charge in [0.25, 0.3) is 5.91 Å². The summed E-state index contributed by atoms with van der Waals surface area (Å²) >= 11 is 6.00. The number of hydrogen-bond donors (Lipinski definition) is 2. The van der Waals surface area contributed by atoms with Gasteiger partial charge in [-0.25, -0.2) is 0 Å². The first-order valence-electron chi connectivity index (χ1n) is 8.60. The van der Waals surface area contributed by atoms with Gasteiger partial charge in [0, 0.05) is 11.6 Å². The van der Waals surface area contributed by atoms with E-state index in [0.717, 1.165) is 24.1 Å². The van der Waals surface area contributed by atoms with Crippen LogP contribution in [0.1, 0.15) is 31.4 Å². The number of anilines is 1. The van der Waals surface area contributed by atoms with Crippen molar-refractivity contribution < 1.29 is 14.3 Å². The summed E-state index contributed by atoms with van der Waals surface area (Å²) in [7, 11) is 0. The third-order valence-electron chi connectivity index (χ3n) is 4.20. The Bertz CT molecular complexity index is 788. The third kappa shape index (κ3) is 4.99. The highest BCUT2D eigenvalue weighted by molar-refractivity contribution is 6.32. The molecule has 0 aromatic heterocycles. The Morgan fingerprint density at radius 2 is 1.85 bits per heavy atom. The first-order valence-corrected chi connectivity index (χ1v) is 8.98. The minimum absolute atomic E-state index is 0.0795. The van der Waals surface area contributed by atoms with Crippen molar-refractivity contribution in [3.63, 3.8) is 0 Å². The lowest BCUT2D eigenvalue weighted by atomic mass is 10.1. The molecule has 26 heavy (non-hydrogen) atoms. The molecule has 0 radical (unpaired) electrons. The van der Waals surface area contributed by atoms with E-state index in [1.807, 2.05) is 31.2 Å². The molecular weight excluding hydrogens is 352 g/mol. The van der Waals surface area contributed by atoms with E-state index in [4.69, 9.17) is 16.3 Å². The maximum absolute atomic E-state index is 12.1. The fraction of sp³-hybridized carbons (Fsp3) is 0.300. The van der Waals surface area contributed by atoms with Gasteiger partial charge in [0.2, 0.25) is 5.91 Å². The maximum Gasteiger partial charge on any atom is 0.258 e. The molecule has 1 unspecified atom stereocenters. The van der Waals surface area contributed by atoms with Gasteiger partial charge in [-0.2, -0.15) is 0 Å². The zero-order valence-corrected chi connectivity index (χ0v) is 15.3. The second-order valence-corrected chi connectivity index (χ2v) is 6.80. The molecule has 6 heteroatoms. The van der Waals surface area contributed by atoms with Crippen molar-refractivity contribution in [3.05, 3.63) is 59.1 Å². The van der Waals surface area contributed by atoms with Crippen molar-refractivity contribution in [1.29, 1.82) is 0 Å². The highest BCUT2D eigenvalue weighted by Gasteiger charge is 2.29. The van der Waals surface area contributed by atoms with Gasteiger partial charge >= 0.3 is 0 Å². The average molecular weight is 373 g/mol. The number of para-hydroxylation sites is 1. The summed E-state index contributed by atoms with van der Waals surface area (Å²) in [4.78, 5) is 23.8. The molecule has 0 heterocycles. The Morgan fingerprint density at radius 3 is 2.50 bits per heavy atom. The lowest BCUT2D eigenvalue weighted by molar-refractivity contribution is -0.123. The Morgan fingerprint density at radius 1 is 1.15 bits per heavy atom. The predicted octanol–water partition coefficient (Wildman–Crippen LogP) is 3.94. The Balaban J connectivity index is 1.49. The van der Waals surface area contributed by atoms with Crippen LogP contribution < -0.4 is 15.4 Å². The summed E-state index contributed by atoms with van der Waals surface area (Å²) in [5.41, 5.74) is 1.71. The number of hydrogen-bond acceptors (Lipinski definition) is 3. The van der Waals surface area contributed by atoms with E-state index in [1.54, 1.807) is 24.3 Å². The average Bonchev–Trinajstić information content (AvgIpc) is 3.47. The van der Waals surface area contributed by atoms with Crippen LogP contribution in [0, 0.1) is 5.92 Å². The quantitative estimate of drug-likeness (QED) is 0.773. The molecule has 1 aliphatic rings. The van der Waals surface area contributed by atoms with Crippen LogP contribution in [0.15, 0.2) is 48.5 Å². The van der Waals surface area contributed by atoms with Crippen molar-refractivity contribution in [2.75, 3.05) is 11.9 Å². The molecule has 136 valence electrons. The Labute approximate surface area is 157 Å². The molecule has 2 amide bonds. The second-order valence-electron chi connectivity index (χ2n) is 6.39. The third-order valence-corrected chi connectivity index (χ3v) is 4.51. The lowest BCUT2D eigenvalue weighted by Crippen LogP contribution is -2.31. The van der Waals surface area contributed by atoms with E-state index < -0.39 is 0 Å². The number of amides is 2. The van der Waals surface area contributed by atoms with Gasteiger partial charge in [-0.1, -0.05) is 35.9 Å². The van der Waals surface area contributed by atoms with Crippen molar-refractivity contribution >= 4 is 29.1 Å². The minimum atomic E-state index is -0.233. The van der Waals surface area contributed by atoms with Crippen LogP contribution in [0.4, 0.5) is 5.69 Å². The number of halogens is 1. The first kappa shape index (κ1) is 18.3. The molecular formula is C20H21ClN2O3. The van der Waals surface area contributed by atoms with E-state index in [0.29, 0.717) is 10.8 Å². The zero-order valence-electron chi connectivity index (χ0n) is 14.5. The number of carbonyl (C=O) groups excluding carboxylic acids is 2. The summed E-state index contributed by atoms with van der Waals surface area (Å²) < 4.78 is 5.44. The van der Waals surface area contributed by atoms with Crippen LogP contribution in [0.5, 0.6) is 5.75 Å². The molecule has 0 saturated heterocycles. The van der Waals surface area contributed by atoms with E-state index >= 15 is 0 Å². The zero-order chi connectivity index (χ0) is 18.5.